The molecule has 2 aromatic rings. The molecule has 3 rings (SSSR count). The third-order valence-corrected chi connectivity index (χ3v) is 3.98. The van der Waals surface area contributed by atoms with Crippen molar-refractivity contribution in [1.82, 2.24) is 9.55 Å². The molecule has 2 heterocycles. The molecule has 1 aromatic heterocycles. The van der Waals surface area contributed by atoms with Gasteiger partial charge in [0.15, 0.2) is 0 Å². The maximum Gasteiger partial charge on any atom is 0.131 e. The van der Waals surface area contributed by atoms with E-state index in [4.69, 9.17) is 15.5 Å². The second kappa shape index (κ2) is 5.29. The number of hydrogen-bond acceptors (Lipinski definition) is 3. The number of nitrogen functional groups attached to an aromatic ring is 1. The highest BCUT2D eigenvalue weighted by molar-refractivity contribution is 5.71. The van der Waals surface area contributed by atoms with Crippen molar-refractivity contribution in [2.75, 3.05) is 12.8 Å². The van der Waals surface area contributed by atoms with E-state index in [-0.39, 0.29) is 0 Å². The minimum Gasteiger partial charge on any atom is -0.383 e. The van der Waals surface area contributed by atoms with Gasteiger partial charge in [-0.1, -0.05) is 31.2 Å². The van der Waals surface area contributed by atoms with Crippen LogP contribution >= 0.6 is 0 Å². The average Bonchev–Trinajstić information content (AvgIpc) is 2.77. The fourth-order valence-electron chi connectivity index (χ4n) is 2.82. The van der Waals surface area contributed by atoms with Crippen LogP contribution in [0.1, 0.15) is 24.7 Å². The van der Waals surface area contributed by atoms with E-state index in [9.17, 15) is 0 Å². The van der Waals surface area contributed by atoms with Crippen molar-refractivity contribution in [1.29, 1.82) is 0 Å². The molecular formula is C16H21N3O. The summed E-state index contributed by atoms with van der Waals surface area (Å²) in [6, 6.07) is 8.28. The van der Waals surface area contributed by atoms with E-state index in [0.29, 0.717) is 12.5 Å². The smallest absolute Gasteiger partial charge is 0.131 e. The van der Waals surface area contributed by atoms with Crippen molar-refractivity contribution in [2.24, 2.45) is 5.92 Å². The Hall–Kier alpha value is -1.81. The first-order chi connectivity index (χ1) is 9.69. The Morgan fingerprint density at radius 2 is 2.10 bits per heavy atom. The molecule has 4 heteroatoms. The first-order valence-corrected chi connectivity index (χ1v) is 7.12. The zero-order chi connectivity index (χ0) is 14.1. The highest BCUT2D eigenvalue weighted by Gasteiger charge is 2.21. The normalized spacial score (nSPS) is 18.0. The van der Waals surface area contributed by atoms with Crippen molar-refractivity contribution in [3.63, 3.8) is 0 Å². The summed E-state index contributed by atoms with van der Waals surface area (Å²) in [5.41, 5.74) is 9.45. The van der Waals surface area contributed by atoms with Crippen LogP contribution in [0.25, 0.3) is 11.3 Å². The lowest BCUT2D eigenvalue weighted by Crippen LogP contribution is -2.19. The summed E-state index contributed by atoms with van der Waals surface area (Å²) in [5, 5.41) is 0. The van der Waals surface area contributed by atoms with Gasteiger partial charge < -0.3 is 15.0 Å². The highest BCUT2D eigenvalue weighted by atomic mass is 16.5. The van der Waals surface area contributed by atoms with Crippen LogP contribution in [0.2, 0.25) is 0 Å². The molecule has 20 heavy (non-hydrogen) atoms. The summed E-state index contributed by atoms with van der Waals surface area (Å²) in [5.74, 6) is 2.60. The molecule has 0 amide bonds. The van der Waals surface area contributed by atoms with Crippen molar-refractivity contribution in [3.05, 3.63) is 35.7 Å². The van der Waals surface area contributed by atoms with Gasteiger partial charge in [-0.15, -0.1) is 0 Å². The second-order valence-electron chi connectivity index (χ2n) is 5.65. The molecule has 106 valence electrons. The van der Waals surface area contributed by atoms with Gasteiger partial charge in [-0.3, -0.25) is 0 Å². The van der Waals surface area contributed by atoms with Crippen molar-refractivity contribution < 1.29 is 4.74 Å². The Balaban J connectivity index is 1.94. The van der Waals surface area contributed by atoms with Crippen LogP contribution < -0.4 is 5.73 Å². The van der Waals surface area contributed by atoms with Gasteiger partial charge in [0, 0.05) is 25.6 Å². The minimum atomic E-state index is 0.632. The number of anilines is 1. The molecule has 1 aromatic carbocycles. The van der Waals surface area contributed by atoms with E-state index in [1.54, 1.807) is 7.11 Å². The number of fused-ring (bicyclic) bond motifs is 1. The van der Waals surface area contributed by atoms with Gasteiger partial charge in [0.05, 0.1) is 6.61 Å². The van der Waals surface area contributed by atoms with E-state index in [1.807, 2.05) is 0 Å². The van der Waals surface area contributed by atoms with Crippen LogP contribution in [-0.2, 0) is 24.3 Å². The summed E-state index contributed by atoms with van der Waals surface area (Å²) >= 11 is 0. The molecule has 2 N–H and O–H groups in total. The Kier molecular flexibility index (Phi) is 3.49. The number of ether oxygens (including phenoxy) is 1. The molecule has 0 spiro atoms. The van der Waals surface area contributed by atoms with E-state index in [0.717, 1.165) is 41.4 Å². The first kappa shape index (κ1) is 13.2. The predicted molar refractivity (Wildman–Crippen MR) is 80.3 cm³/mol. The highest BCUT2D eigenvalue weighted by Crippen LogP contribution is 2.31. The lowest BCUT2D eigenvalue weighted by atomic mass is 10.0. The van der Waals surface area contributed by atoms with Crippen LogP contribution in [-0.4, -0.2) is 16.7 Å². The van der Waals surface area contributed by atoms with Gasteiger partial charge in [0.25, 0.3) is 0 Å². The summed E-state index contributed by atoms with van der Waals surface area (Å²) in [7, 11) is 1.70. The number of methoxy groups -OCH3 is 1. The molecule has 4 nitrogen and oxygen atoms in total. The van der Waals surface area contributed by atoms with Crippen molar-refractivity contribution in [3.8, 4) is 11.3 Å². The topological polar surface area (TPSA) is 53.1 Å². The van der Waals surface area contributed by atoms with Gasteiger partial charge in [-0.2, -0.15) is 0 Å². The Labute approximate surface area is 119 Å². The van der Waals surface area contributed by atoms with Gasteiger partial charge in [0.1, 0.15) is 17.3 Å². The number of hydrogen-bond donors (Lipinski definition) is 1. The quantitative estimate of drug-likeness (QED) is 0.934. The van der Waals surface area contributed by atoms with E-state index in [1.165, 1.54) is 6.42 Å². The Morgan fingerprint density at radius 1 is 1.35 bits per heavy atom. The maximum absolute atomic E-state index is 6.29. The van der Waals surface area contributed by atoms with Crippen LogP contribution in [0.4, 0.5) is 5.82 Å². The summed E-state index contributed by atoms with van der Waals surface area (Å²) in [4.78, 5) is 4.74. The molecular weight excluding hydrogens is 250 g/mol. The molecule has 1 unspecified atom stereocenters. The van der Waals surface area contributed by atoms with Gasteiger partial charge in [0.2, 0.25) is 0 Å². The molecule has 1 atom stereocenters. The zero-order valence-corrected chi connectivity index (χ0v) is 12.1. The molecule has 1 aliphatic heterocycles. The third kappa shape index (κ3) is 2.31. The van der Waals surface area contributed by atoms with Gasteiger partial charge in [-0.25, -0.2) is 4.98 Å². The molecule has 1 aliphatic rings. The maximum atomic E-state index is 6.29. The number of imidazole rings is 1. The number of benzene rings is 1. The number of aryl methyl sites for hydroxylation is 1. The van der Waals surface area contributed by atoms with Gasteiger partial charge in [-0.05, 0) is 17.9 Å². The lowest BCUT2D eigenvalue weighted by Gasteiger charge is -2.20. The molecule has 0 aliphatic carbocycles. The van der Waals surface area contributed by atoms with Gasteiger partial charge >= 0.3 is 0 Å². The molecule has 0 bridgehead atoms. The fourth-order valence-corrected chi connectivity index (χ4v) is 2.82. The minimum absolute atomic E-state index is 0.632. The van der Waals surface area contributed by atoms with E-state index < -0.39 is 0 Å². The molecule has 0 fully saturated rings. The zero-order valence-electron chi connectivity index (χ0n) is 12.1. The third-order valence-electron chi connectivity index (χ3n) is 3.98. The molecule has 0 saturated heterocycles. The lowest BCUT2D eigenvalue weighted by molar-refractivity contribution is 0.185. The summed E-state index contributed by atoms with van der Waals surface area (Å²) in [6.45, 7) is 3.88. The molecule has 0 radical (unpaired) electrons. The van der Waals surface area contributed by atoms with Crippen LogP contribution in [0.15, 0.2) is 24.3 Å². The standard InChI is InChI=1S/C16H21N3O/c1-11-3-8-14-18-15(16(17)19(14)9-11)13-6-4-12(5-7-13)10-20-2/h4-7,11H,3,8-10,17H2,1-2H3. The predicted octanol–water partition coefficient (Wildman–Crippen LogP) is 2.86. The SMILES string of the molecule is COCc1ccc(-c2nc3n(c2N)CC(C)CC3)cc1. The summed E-state index contributed by atoms with van der Waals surface area (Å²) < 4.78 is 7.30. The average molecular weight is 271 g/mol. The van der Waals surface area contributed by atoms with E-state index >= 15 is 0 Å². The second-order valence-corrected chi connectivity index (χ2v) is 5.65. The monoisotopic (exact) mass is 271 g/mol. The first-order valence-electron chi connectivity index (χ1n) is 7.12. The van der Waals surface area contributed by atoms with Crippen LogP contribution in [0.5, 0.6) is 0 Å². The molecule has 0 saturated carbocycles. The number of rotatable bonds is 3. The Bertz CT molecular complexity index is 601. The van der Waals surface area contributed by atoms with Crippen molar-refractivity contribution >= 4 is 5.82 Å². The fraction of sp³-hybridized carbons (Fsp3) is 0.438. The van der Waals surface area contributed by atoms with Crippen LogP contribution in [0.3, 0.4) is 0 Å². The van der Waals surface area contributed by atoms with E-state index in [2.05, 4.69) is 35.8 Å². The number of nitrogens with zero attached hydrogens (tertiary/aromatic N) is 2. The van der Waals surface area contributed by atoms with Crippen molar-refractivity contribution in [2.45, 2.75) is 32.9 Å². The summed E-state index contributed by atoms with van der Waals surface area (Å²) in [6.07, 6.45) is 2.22. The number of nitrogens with two attached hydrogens (primary N) is 1. The van der Waals surface area contributed by atoms with Crippen LogP contribution in [0, 0.1) is 5.92 Å². The largest absolute Gasteiger partial charge is 0.383 e. The number of aromatic nitrogens is 2. The Morgan fingerprint density at radius 3 is 2.80 bits per heavy atom.